The molecule has 0 saturated carbocycles. The molecular formula is C11H22N2. The summed E-state index contributed by atoms with van der Waals surface area (Å²) in [6.07, 6.45) is 5.63. The lowest BCUT2D eigenvalue weighted by Crippen LogP contribution is -2.51. The fourth-order valence-corrected chi connectivity index (χ4v) is 3.07. The topological polar surface area (TPSA) is 15.3 Å². The van der Waals surface area contributed by atoms with Gasteiger partial charge in [0.25, 0.3) is 0 Å². The first-order chi connectivity index (χ1) is 6.29. The second-order valence-electron chi connectivity index (χ2n) is 4.77. The predicted octanol–water partition coefficient (Wildman–Crippen LogP) is 1.61. The summed E-state index contributed by atoms with van der Waals surface area (Å²) in [5.74, 6) is 0. The molecule has 2 atom stereocenters. The Labute approximate surface area is 81.7 Å². The SMILES string of the molecule is CC(C)N1[C@H]2CCC[C@@H]1CNCC2. The smallest absolute Gasteiger partial charge is 0.0226 e. The van der Waals surface area contributed by atoms with E-state index in [2.05, 4.69) is 24.1 Å². The lowest BCUT2D eigenvalue weighted by Gasteiger charge is -2.43. The van der Waals surface area contributed by atoms with Crippen LogP contribution < -0.4 is 5.32 Å². The van der Waals surface area contributed by atoms with Crippen molar-refractivity contribution in [2.75, 3.05) is 13.1 Å². The van der Waals surface area contributed by atoms with Gasteiger partial charge in [0.05, 0.1) is 0 Å². The molecule has 2 saturated heterocycles. The Morgan fingerprint density at radius 1 is 1.15 bits per heavy atom. The van der Waals surface area contributed by atoms with E-state index in [1.165, 1.54) is 38.8 Å². The van der Waals surface area contributed by atoms with E-state index in [0.717, 1.165) is 18.1 Å². The van der Waals surface area contributed by atoms with Crippen LogP contribution in [0.15, 0.2) is 0 Å². The molecule has 0 aromatic heterocycles. The van der Waals surface area contributed by atoms with Crippen molar-refractivity contribution in [2.45, 2.75) is 57.7 Å². The Morgan fingerprint density at radius 2 is 1.92 bits per heavy atom. The molecule has 2 rings (SSSR count). The number of hydrogen-bond acceptors (Lipinski definition) is 2. The maximum atomic E-state index is 3.56. The van der Waals surface area contributed by atoms with E-state index in [9.17, 15) is 0 Å². The Kier molecular flexibility index (Phi) is 2.89. The van der Waals surface area contributed by atoms with E-state index in [1.54, 1.807) is 0 Å². The summed E-state index contributed by atoms with van der Waals surface area (Å²) in [5.41, 5.74) is 0. The quantitative estimate of drug-likeness (QED) is 0.663. The van der Waals surface area contributed by atoms with Gasteiger partial charge in [-0.15, -0.1) is 0 Å². The number of fused-ring (bicyclic) bond motifs is 2. The van der Waals surface area contributed by atoms with Crippen LogP contribution in [0.3, 0.4) is 0 Å². The van der Waals surface area contributed by atoms with Crippen LogP contribution in [0, 0.1) is 0 Å². The third-order valence-electron chi connectivity index (χ3n) is 3.55. The molecule has 0 aromatic rings. The van der Waals surface area contributed by atoms with Gasteiger partial charge in [-0.3, -0.25) is 4.90 Å². The molecule has 2 heterocycles. The fourth-order valence-electron chi connectivity index (χ4n) is 3.07. The average molecular weight is 182 g/mol. The van der Waals surface area contributed by atoms with Crippen LogP contribution in [-0.4, -0.2) is 36.1 Å². The van der Waals surface area contributed by atoms with E-state index < -0.39 is 0 Å². The second-order valence-corrected chi connectivity index (χ2v) is 4.77. The van der Waals surface area contributed by atoms with Gasteiger partial charge in [0.15, 0.2) is 0 Å². The summed E-state index contributed by atoms with van der Waals surface area (Å²) in [6.45, 7) is 7.13. The summed E-state index contributed by atoms with van der Waals surface area (Å²) in [6, 6.07) is 2.42. The van der Waals surface area contributed by atoms with Crippen LogP contribution in [0.5, 0.6) is 0 Å². The highest BCUT2D eigenvalue weighted by atomic mass is 15.2. The van der Waals surface area contributed by atoms with Crippen molar-refractivity contribution < 1.29 is 0 Å². The average Bonchev–Trinajstić information content (AvgIpc) is 2.22. The van der Waals surface area contributed by atoms with Gasteiger partial charge in [0.2, 0.25) is 0 Å². The van der Waals surface area contributed by atoms with Crippen LogP contribution in [0.2, 0.25) is 0 Å². The molecule has 76 valence electrons. The molecule has 2 nitrogen and oxygen atoms in total. The van der Waals surface area contributed by atoms with Crippen LogP contribution in [0.25, 0.3) is 0 Å². The van der Waals surface area contributed by atoms with Gasteiger partial charge in [-0.05, 0) is 39.7 Å². The summed E-state index contributed by atoms with van der Waals surface area (Å²) in [7, 11) is 0. The van der Waals surface area contributed by atoms with Crippen molar-refractivity contribution >= 4 is 0 Å². The first-order valence-corrected chi connectivity index (χ1v) is 5.77. The third-order valence-corrected chi connectivity index (χ3v) is 3.55. The monoisotopic (exact) mass is 182 g/mol. The zero-order valence-corrected chi connectivity index (χ0v) is 8.92. The summed E-state index contributed by atoms with van der Waals surface area (Å²) < 4.78 is 0. The first kappa shape index (κ1) is 9.47. The van der Waals surface area contributed by atoms with Gasteiger partial charge >= 0.3 is 0 Å². The number of nitrogens with zero attached hydrogens (tertiary/aromatic N) is 1. The first-order valence-electron chi connectivity index (χ1n) is 5.77. The molecule has 1 N–H and O–H groups in total. The normalized spacial score (nSPS) is 36.2. The summed E-state index contributed by atoms with van der Waals surface area (Å²) >= 11 is 0. The molecule has 2 bridgehead atoms. The Hall–Kier alpha value is -0.0800. The number of hydrogen-bond donors (Lipinski definition) is 1. The molecule has 0 aromatic carbocycles. The van der Waals surface area contributed by atoms with Crippen molar-refractivity contribution in [1.82, 2.24) is 10.2 Å². The minimum Gasteiger partial charge on any atom is -0.315 e. The van der Waals surface area contributed by atoms with Gasteiger partial charge in [-0.25, -0.2) is 0 Å². The van der Waals surface area contributed by atoms with Crippen LogP contribution in [-0.2, 0) is 0 Å². The largest absolute Gasteiger partial charge is 0.315 e. The highest BCUT2D eigenvalue weighted by molar-refractivity contribution is 4.90. The molecule has 0 unspecified atom stereocenters. The minimum atomic E-state index is 0.732. The van der Waals surface area contributed by atoms with Gasteiger partial charge in [0.1, 0.15) is 0 Å². The molecule has 0 spiro atoms. The maximum Gasteiger partial charge on any atom is 0.0226 e. The highest BCUT2D eigenvalue weighted by Crippen LogP contribution is 2.28. The van der Waals surface area contributed by atoms with Gasteiger partial charge in [-0.1, -0.05) is 6.42 Å². The van der Waals surface area contributed by atoms with Crippen molar-refractivity contribution in [3.05, 3.63) is 0 Å². The summed E-state index contributed by atoms with van der Waals surface area (Å²) in [5, 5.41) is 3.56. The zero-order chi connectivity index (χ0) is 9.26. The number of nitrogens with one attached hydrogen (secondary N) is 1. The molecule has 2 aliphatic rings. The van der Waals surface area contributed by atoms with E-state index in [0.29, 0.717) is 0 Å². The lowest BCUT2D eigenvalue weighted by atomic mass is 9.93. The van der Waals surface area contributed by atoms with Crippen molar-refractivity contribution in [3.63, 3.8) is 0 Å². The van der Waals surface area contributed by atoms with E-state index >= 15 is 0 Å². The van der Waals surface area contributed by atoms with E-state index in [-0.39, 0.29) is 0 Å². The molecule has 2 fully saturated rings. The highest BCUT2D eigenvalue weighted by Gasteiger charge is 2.33. The maximum absolute atomic E-state index is 3.56. The Balaban J connectivity index is 2.11. The Bertz CT molecular complexity index is 153. The Morgan fingerprint density at radius 3 is 2.69 bits per heavy atom. The van der Waals surface area contributed by atoms with Crippen LogP contribution >= 0.6 is 0 Å². The zero-order valence-electron chi connectivity index (χ0n) is 8.92. The molecule has 2 aliphatic heterocycles. The number of rotatable bonds is 1. The minimum absolute atomic E-state index is 0.732. The standard InChI is InChI=1S/C11H22N2/c1-9(2)13-10-4-3-5-11(13)8-12-7-6-10/h9-12H,3-8H2,1-2H3/t10-,11+/m0/s1. The molecule has 13 heavy (non-hydrogen) atoms. The van der Waals surface area contributed by atoms with Crippen LogP contribution in [0.1, 0.15) is 39.5 Å². The van der Waals surface area contributed by atoms with Crippen LogP contribution in [0.4, 0.5) is 0 Å². The van der Waals surface area contributed by atoms with E-state index in [4.69, 9.17) is 0 Å². The fraction of sp³-hybridized carbons (Fsp3) is 1.00. The lowest BCUT2D eigenvalue weighted by molar-refractivity contribution is 0.0614. The van der Waals surface area contributed by atoms with Gasteiger partial charge in [0, 0.05) is 24.7 Å². The molecule has 0 aliphatic carbocycles. The second kappa shape index (κ2) is 3.97. The van der Waals surface area contributed by atoms with Crippen molar-refractivity contribution in [3.8, 4) is 0 Å². The summed E-state index contributed by atoms with van der Waals surface area (Å²) in [4.78, 5) is 2.75. The van der Waals surface area contributed by atoms with Crippen molar-refractivity contribution in [2.24, 2.45) is 0 Å². The van der Waals surface area contributed by atoms with Gasteiger partial charge in [-0.2, -0.15) is 0 Å². The van der Waals surface area contributed by atoms with Gasteiger partial charge < -0.3 is 5.32 Å². The molecular weight excluding hydrogens is 160 g/mol. The third kappa shape index (κ3) is 1.89. The van der Waals surface area contributed by atoms with E-state index in [1.807, 2.05) is 0 Å². The van der Waals surface area contributed by atoms with Crippen molar-refractivity contribution in [1.29, 1.82) is 0 Å². The number of piperidine rings is 1. The molecule has 0 radical (unpaired) electrons. The predicted molar refractivity (Wildman–Crippen MR) is 55.9 cm³/mol. The molecule has 2 heteroatoms. The molecule has 0 amide bonds.